The van der Waals surface area contributed by atoms with Crippen LogP contribution in [0, 0.1) is 0 Å². The smallest absolute Gasteiger partial charge is 0.466 e. The SMILES string of the molecule is CCCCCCCCCCCCCCCCCC(=O)O.O=P(O)(O)O.OCC(O)C(O)C(O)C(O)CO. The van der Waals surface area contributed by atoms with Crippen molar-refractivity contribution in [3.05, 3.63) is 0 Å². The van der Waals surface area contributed by atoms with E-state index in [1.54, 1.807) is 0 Å². The van der Waals surface area contributed by atoms with E-state index in [0.717, 1.165) is 12.8 Å². The second-order valence-corrected chi connectivity index (χ2v) is 10.1. The molecule has 0 heterocycles. The van der Waals surface area contributed by atoms with E-state index in [1.165, 1.54) is 83.5 Å². The van der Waals surface area contributed by atoms with Crippen LogP contribution in [0.3, 0.4) is 0 Å². The van der Waals surface area contributed by atoms with Gasteiger partial charge in [-0.1, -0.05) is 96.8 Å². The summed E-state index contributed by atoms with van der Waals surface area (Å²) in [6, 6.07) is 0. The molecule has 0 amide bonds. The number of phosphoric acid groups is 1. The third-order valence-electron chi connectivity index (χ3n) is 5.51. The highest BCUT2D eigenvalue weighted by Crippen LogP contribution is 2.25. The standard InChI is InChI=1S/C18H36O2.C6H14O6.H3O4P/c1-2-3-4-5-6-7-8-9-10-11-12-13-14-15-16-17-18(19)20;7-1-3(9)5(11)6(12)4(10)2-8;1-5(2,3)4/h2-17H2,1H3,(H,19,20);3-12H,1-2H2;(H3,1,2,3,4). The molecule has 0 radical (unpaired) electrons. The lowest BCUT2D eigenvalue weighted by atomic mass is 10.0. The quantitative estimate of drug-likeness (QED) is 0.0710. The second-order valence-electron chi connectivity index (χ2n) is 9.09. The van der Waals surface area contributed by atoms with Crippen LogP contribution in [0.5, 0.6) is 0 Å². The van der Waals surface area contributed by atoms with Gasteiger partial charge in [-0.3, -0.25) is 4.79 Å². The van der Waals surface area contributed by atoms with Gasteiger partial charge in [0.1, 0.15) is 24.4 Å². The number of carboxylic acids is 1. The summed E-state index contributed by atoms with van der Waals surface area (Å²) in [4.78, 5) is 31.9. The maximum Gasteiger partial charge on any atom is 0.466 e. The van der Waals surface area contributed by atoms with E-state index in [4.69, 9.17) is 55.0 Å². The maximum absolute atomic E-state index is 10.3. The molecule has 10 N–H and O–H groups in total. The highest BCUT2D eigenvalue weighted by molar-refractivity contribution is 7.45. The molecule has 0 aliphatic rings. The van der Waals surface area contributed by atoms with Crippen molar-refractivity contribution >= 4 is 13.8 Å². The Labute approximate surface area is 221 Å². The normalized spacial score (nSPS) is 14.4. The Kier molecular flexibility index (Phi) is 31.3. The summed E-state index contributed by atoms with van der Waals surface area (Å²) in [7, 11) is -4.64. The lowest BCUT2D eigenvalue weighted by Gasteiger charge is -2.24. The van der Waals surface area contributed by atoms with Gasteiger partial charge in [0.15, 0.2) is 0 Å². The molecule has 0 rings (SSSR count). The van der Waals surface area contributed by atoms with Crippen LogP contribution in [0.4, 0.5) is 0 Å². The minimum absolute atomic E-state index is 0.345. The fraction of sp³-hybridized carbons (Fsp3) is 0.958. The van der Waals surface area contributed by atoms with E-state index in [1.807, 2.05) is 0 Å². The predicted molar refractivity (Wildman–Crippen MR) is 140 cm³/mol. The molecule has 0 spiro atoms. The Bertz CT molecular complexity index is 510. The van der Waals surface area contributed by atoms with Gasteiger partial charge in [-0.05, 0) is 6.42 Å². The monoisotopic (exact) mass is 564 g/mol. The third-order valence-corrected chi connectivity index (χ3v) is 5.51. The molecule has 4 unspecified atom stereocenters. The van der Waals surface area contributed by atoms with Crippen LogP contribution in [-0.2, 0) is 9.36 Å². The fourth-order valence-electron chi connectivity index (χ4n) is 3.32. The third kappa shape index (κ3) is 37.6. The molecular formula is C24H53O12P. The molecule has 0 aromatic carbocycles. The van der Waals surface area contributed by atoms with Gasteiger partial charge in [-0.2, -0.15) is 0 Å². The molecular weight excluding hydrogens is 511 g/mol. The number of aliphatic hydroxyl groups is 6. The van der Waals surface area contributed by atoms with Gasteiger partial charge < -0.3 is 50.4 Å². The molecule has 0 aromatic rings. The molecule has 12 nitrogen and oxygen atoms in total. The molecule has 226 valence electrons. The Hall–Kier alpha value is -0.660. The number of aliphatic hydroxyl groups excluding tert-OH is 6. The van der Waals surface area contributed by atoms with Crippen molar-refractivity contribution in [2.45, 2.75) is 134 Å². The van der Waals surface area contributed by atoms with Crippen LogP contribution in [-0.4, -0.2) is 94.0 Å². The number of hydrogen-bond acceptors (Lipinski definition) is 8. The van der Waals surface area contributed by atoms with E-state index < -0.39 is 51.4 Å². The van der Waals surface area contributed by atoms with E-state index in [2.05, 4.69) is 6.92 Å². The molecule has 0 saturated carbocycles. The van der Waals surface area contributed by atoms with Crippen molar-refractivity contribution in [1.29, 1.82) is 0 Å². The molecule has 0 aliphatic heterocycles. The van der Waals surface area contributed by atoms with E-state index >= 15 is 0 Å². The Morgan fingerprint density at radius 3 is 1.05 bits per heavy atom. The second kappa shape index (κ2) is 28.4. The van der Waals surface area contributed by atoms with E-state index in [-0.39, 0.29) is 0 Å². The number of carboxylic acid groups (broad SMARTS) is 1. The Morgan fingerprint density at radius 2 is 0.838 bits per heavy atom. The first-order valence-electron chi connectivity index (χ1n) is 13.3. The summed E-state index contributed by atoms with van der Waals surface area (Å²) in [6.07, 6.45) is 13.8. The van der Waals surface area contributed by atoms with Crippen LogP contribution < -0.4 is 0 Å². The first kappa shape index (κ1) is 40.8. The van der Waals surface area contributed by atoms with Crippen molar-refractivity contribution < 1.29 is 59.8 Å². The first-order chi connectivity index (χ1) is 17.3. The van der Waals surface area contributed by atoms with Gasteiger partial charge >= 0.3 is 13.8 Å². The largest absolute Gasteiger partial charge is 0.481 e. The fourth-order valence-corrected chi connectivity index (χ4v) is 3.32. The van der Waals surface area contributed by atoms with Gasteiger partial charge in [0.2, 0.25) is 0 Å². The van der Waals surface area contributed by atoms with Gasteiger partial charge in [0.05, 0.1) is 13.2 Å². The van der Waals surface area contributed by atoms with Crippen molar-refractivity contribution in [3.63, 3.8) is 0 Å². The summed E-state index contributed by atoms with van der Waals surface area (Å²) in [5, 5.41) is 60.7. The topological polar surface area (TPSA) is 236 Å². The maximum atomic E-state index is 10.3. The first-order valence-corrected chi connectivity index (χ1v) is 14.8. The Morgan fingerprint density at radius 1 is 0.595 bits per heavy atom. The average molecular weight is 565 g/mol. The highest BCUT2D eigenvalue weighted by Gasteiger charge is 2.29. The van der Waals surface area contributed by atoms with Crippen molar-refractivity contribution in [2.24, 2.45) is 0 Å². The number of rotatable bonds is 21. The van der Waals surface area contributed by atoms with Crippen LogP contribution in [0.1, 0.15) is 110 Å². The van der Waals surface area contributed by atoms with Gasteiger partial charge in [-0.15, -0.1) is 0 Å². The zero-order valence-corrected chi connectivity index (χ0v) is 23.2. The van der Waals surface area contributed by atoms with Gasteiger partial charge in [0.25, 0.3) is 0 Å². The van der Waals surface area contributed by atoms with Gasteiger partial charge in [0, 0.05) is 6.42 Å². The summed E-state index contributed by atoms with van der Waals surface area (Å²) in [6.45, 7) is 0.818. The van der Waals surface area contributed by atoms with Crippen molar-refractivity contribution in [2.75, 3.05) is 13.2 Å². The predicted octanol–water partition coefficient (Wildman–Crippen LogP) is 1.82. The zero-order valence-electron chi connectivity index (χ0n) is 22.3. The molecule has 37 heavy (non-hydrogen) atoms. The van der Waals surface area contributed by atoms with Crippen LogP contribution in [0.15, 0.2) is 0 Å². The minimum Gasteiger partial charge on any atom is -0.481 e. The lowest BCUT2D eigenvalue weighted by molar-refractivity contribution is -0.137. The number of hydrogen-bond donors (Lipinski definition) is 10. The molecule has 4 atom stereocenters. The van der Waals surface area contributed by atoms with Crippen LogP contribution >= 0.6 is 7.82 Å². The lowest BCUT2D eigenvalue weighted by Crippen LogP contribution is -2.46. The molecule has 0 fully saturated rings. The van der Waals surface area contributed by atoms with E-state index in [0.29, 0.717) is 6.42 Å². The summed E-state index contributed by atoms with van der Waals surface area (Å²) < 4.78 is 8.88. The summed E-state index contributed by atoms with van der Waals surface area (Å²) in [5.41, 5.74) is 0. The number of carbonyl (C=O) groups is 1. The zero-order chi connectivity index (χ0) is 29.1. The van der Waals surface area contributed by atoms with Gasteiger partial charge in [-0.25, -0.2) is 4.57 Å². The minimum atomic E-state index is -4.64. The van der Waals surface area contributed by atoms with Crippen LogP contribution in [0.2, 0.25) is 0 Å². The Balaban J connectivity index is -0.000000572. The molecule has 0 bridgehead atoms. The number of unbranched alkanes of at least 4 members (excludes halogenated alkanes) is 14. The number of aliphatic carboxylic acids is 1. The summed E-state index contributed by atoms with van der Waals surface area (Å²) >= 11 is 0. The molecule has 0 aromatic heterocycles. The highest BCUT2D eigenvalue weighted by atomic mass is 31.2. The molecule has 13 heteroatoms. The summed E-state index contributed by atoms with van der Waals surface area (Å²) in [5.74, 6) is -0.653. The van der Waals surface area contributed by atoms with Crippen LogP contribution in [0.25, 0.3) is 0 Å². The average Bonchev–Trinajstić information content (AvgIpc) is 2.83. The molecule has 0 aliphatic carbocycles. The van der Waals surface area contributed by atoms with Crippen molar-refractivity contribution in [1.82, 2.24) is 0 Å². The molecule has 0 saturated heterocycles. The van der Waals surface area contributed by atoms with Crippen molar-refractivity contribution in [3.8, 4) is 0 Å². The van der Waals surface area contributed by atoms with E-state index in [9.17, 15) is 4.79 Å².